The van der Waals surface area contributed by atoms with Gasteiger partial charge < -0.3 is 15.0 Å². The van der Waals surface area contributed by atoms with Crippen LogP contribution in [-0.4, -0.2) is 43.7 Å². The highest BCUT2D eigenvalue weighted by molar-refractivity contribution is 5.95. The molecule has 0 saturated carbocycles. The van der Waals surface area contributed by atoms with Crippen LogP contribution in [0.4, 0.5) is 5.69 Å². The topological polar surface area (TPSA) is 41.6 Å². The lowest BCUT2D eigenvalue weighted by Gasteiger charge is -2.31. The van der Waals surface area contributed by atoms with E-state index in [0.29, 0.717) is 6.10 Å². The summed E-state index contributed by atoms with van der Waals surface area (Å²) >= 11 is 0. The van der Waals surface area contributed by atoms with Crippen LogP contribution in [0.25, 0.3) is 0 Å². The quantitative estimate of drug-likeness (QED) is 0.919. The van der Waals surface area contributed by atoms with Crippen molar-refractivity contribution >= 4 is 11.6 Å². The number of methoxy groups -OCH3 is 1. The van der Waals surface area contributed by atoms with Gasteiger partial charge in [-0.1, -0.05) is 0 Å². The molecule has 0 aromatic heterocycles. The summed E-state index contributed by atoms with van der Waals surface area (Å²) in [7, 11) is 1.74. The number of hydrogen-bond acceptors (Lipinski definition) is 3. The van der Waals surface area contributed by atoms with Crippen molar-refractivity contribution in [1.29, 1.82) is 0 Å². The SMILES string of the molecule is CCNc1ccc(C(=O)N2CCC(OC)CC2)cc1C. The summed E-state index contributed by atoms with van der Waals surface area (Å²) in [6.07, 6.45) is 2.16. The molecule has 1 amide bonds. The number of piperidine rings is 1. The number of carbonyl (C=O) groups is 1. The van der Waals surface area contributed by atoms with E-state index < -0.39 is 0 Å². The predicted molar refractivity (Wildman–Crippen MR) is 81.3 cm³/mol. The molecule has 0 unspecified atom stereocenters. The number of nitrogens with zero attached hydrogens (tertiary/aromatic N) is 1. The van der Waals surface area contributed by atoms with Crippen molar-refractivity contribution in [3.8, 4) is 0 Å². The highest BCUT2D eigenvalue weighted by atomic mass is 16.5. The summed E-state index contributed by atoms with van der Waals surface area (Å²) in [6, 6.07) is 5.88. The Labute approximate surface area is 121 Å². The van der Waals surface area contributed by atoms with Crippen molar-refractivity contribution in [3.05, 3.63) is 29.3 Å². The van der Waals surface area contributed by atoms with Crippen LogP contribution < -0.4 is 5.32 Å². The smallest absolute Gasteiger partial charge is 0.253 e. The zero-order valence-electron chi connectivity index (χ0n) is 12.6. The maximum atomic E-state index is 12.5. The molecule has 0 atom stereocenters. The first kappa shape index (κ1) is 14.9. The van der Waals surface area contributed by atoms with Crippen LogP contribution in [-0.2, 0) is 4.74 Å². The van der Waals surface area contributed by atoms with Crippen molar-refractivity contribution in [2.45, 2.75) is 32.8 Å². The average molecular weight is 276 g/mol. The number of aryl methyl sites for hydroxylation is 1. The van der Waals surface area contributed by atoms with Crippen molar-refractivity contribution in [2.24, 2.45) is 0 Å². The summed E-state index contributed by atoms with van der Waals surface area (Å²) < 4.78 is 5.34. The average Bonchev–Trinajstić information content (AvgIpc) is 2.49. The van der Waals surface area contributed by atoms with Crippen LogP contribution in [0, 0.1) is 6.92 Å². The van der Waals surface area contributed by atoms with Crippen molar-refractivity contribution in [1.82, 2.24) is 4.90 Å². The van der Waals surface area contributed by atoms with Crippen LogP contribution in [0.2, 0.25) is 0 Å². The lowest BCUT2D eigenvalue weighted by molar-refractivity contribution is 0.0351. The van der Waals surface area contributed by atoms with E-state index in [9.17, 15) is 4.79 Å². The fraction of sp³-hybridized carbons (Fsp3) is 0.562. The third-order valence-electron chi connectivity index (χ3n) is 3.90. The maximum Gasteiger partial charge on any atom is 0.253 e. The van der Waals surface area contributed by atoms with E-state index in [1.807, 2.05) is 30.0 Å². The van der Waals surface area contributed by atoms with Crippen molar-refractivity contribution in [2.75, 3.05) is 32.1 Å². The van der Waals surface area contributed by atoms with Crippen LogP contribution >= 0.6 is 0 Å². The zero-order valence-corrected chi connectivity index (χ0v) is 12.6. The lowest BCUT2D eigenvalue weighted by Crippen LogP contribution is -2.40. The van der Waals surface area contributed by atoms with Crippen LogP contribution in [0.1, 0.15) is 35.7 Å². The molecule has 1 fully saturated rings. The van der Waals surface area contributed by atoms with E-state index in [1.54, 1.807) is 7.11 Å². The van der Waals surface area contributed by atoms with Crippen molar-refractivity contribution in [3.63, 3.8) is 0 Å². The number of hydrogen-bond donors (Lipinski definition) is 1. The number of benzene rings is 1. The molecule has 1 heterocycles. The minimum absolute atomic E-state index is 0.130. The fourth-order valence-corrected chi connectivity index (χ4v) is 2.66. The maximum absolute atomic E-state index is 12.5. The number of nitrogens with one attached hydrogen (secondary N) is 1. The van der Waals surface area contributed by atoms with Gasteiger partial charge in [-0.05, 0) is 50.5 Å². The Hall–Kier alpha value is -1.55. The van der Waals surface area contributed by atoms with E-state index in [-0.39, 0.29) is 5.91 Å². The summed E-state index contributed by atoms with van der Waals surface area (Å²) in [4.78, 5) is 14.4. The fourth-order valence-electron chi connectivity index (χ4n) is 2.66. The summed E-state index contributed by atoms with van der Waals surface area (Å²) in [6.45, 7) is 6.56. The van der Waals surface area contributed by atoms with Gasteiger partial charge >= 0.3 is 0 Å². The molecule has 1 aliphatic heterocycles. The largest absolute Gasteiger partial charge is 0.385 e. The number of anilines is 1. The van der Waals surface area contributed by atoms with Gasteiger partial charge in [-0.15, -0.1) is 0 Å². The van der Waals surface area contributed by atoms with E-state index in [4.69, 9.17) is 4.74 Å². The molecule has 1 aromatic rings. The van der Waals surface area contributed by atoms with E-state index >= 15 is 0 Å². The predicted octanol–water partition coefficient (Wildman–Crippen LogP) is 2.68. The van der Waals surface area contributed by atoms with E-state index in [2.05, 4.69) is 12.2 Å². The van der Waals surface area contributed by atoms with Gasteiger partial charge in [0, 0.05) is 38.0 Å². The summed E-state index contributed by atoms with van der Waals surface area (Å²) in [5.74, 6) is 0.130. The van der Waals surface area contributed by atoms with Crippen LogP contribution in [0.3, 0.4) is 0 Å². The molecule has 110 valence electrons. The Balaban J connectivity index is 2.04. The number of carbonyl (C=O) groups excluding carboxylic acids is 1. The van der Waals surface area contributed by atoms with E-state index in [1.165, 1.54) is 0 Å². The highest BCUT2D eigenvalue weighted by Gasteiger charge is 2.23. The normalized spacial score (nSPS) is 16.2. The number of likely N-dealkylation sites (tertiary alicyclic amines) is 1. The second-order valence-electron chi connectivity index (χ2n) is 5.29. The summed E-state index contributed by atoms with van der Waals surface area (Å²) in [5.41, 5.74) is 2.99. The molecule has 2 rings (SSSR count). The van der Waals surface area contributed by atoms with Crippen LogP contribution in [0.5, 0.6) is 0 Å². The number of rotatable bonds is 4. The van der Waals surface area contributed by atoms with Gasteiger partial charge in [0.25, 0.3) is 5.91 Å². The van der Waals surface area contributed by atoms with Gasteiger partial charge in [0.2, 0.25) is 0 Å². The minimum atomic E-state index is 0.130. The molecule has 1 aromatic carbocycles. The monoisotopic (exact) mass is 276 g/mol. The molecule has 0 bridgehead atoms. The molecule has 20 heavy (non-hydrogen) atoms. The van der Waals surface area contributed by atoms with Gasteiger partial charge in [0.05, 0.1) is 6.10 Å². The Morgan fingerprint density at radius 1 is 1.40 bits per heavy atom. The first-order valence-electron chi connectivity index (χ1n) is 7.32. The van der Waals surface area contributed by atoms with Gasteiger partial charge in [-0.2, -0.15) is 0 Å². The molecular weight excluding hydrogens is 252 g/mol. The molecule has 1 N–H and O–H groups in total. The standard InChI is InChI=1S/C16H24N2O2/c1-4-17-15-6-5-13(11-12(15)2)16(19)18-9-7-14(20-3)8-10-18/h5-6,11,14,17H,4,7-10H2,1-3H3. The minimum Gasteiger partial charge on any atom is -0.385 e. The van der Waals surface area contributed by atoms with Gasteiger partial charge in [-0.25, -0.2) is 0 Å². The van der Waals surface area contributed by atoms with Gasteiger partial charge in [0.1, 0.15) is 0 Å². The number of ether oxygens (including phenoxy) is 1. The molecule has 0 spiro atoms. The first-order valence-corrected chi connectivity index (χ1v) is 7.32. The van der Waals surface area contributed by atoms with Gasteiger partial charge in [-0.3, -0.25) is 4.79 Å². The zero-order chi connectivity index (χ0) is 14.5. The van der Waals surface area contributed by atoms with Crippen molar-refractivity contribution < 1.29 is 9.53 Å². The first-order chi connectivity index (χ1) is 9.65. The third-order valence-corrected chi connectivity index (χ3v) is 3.90. The lowest BCUT2D eigenvalue weighted by atomic mass is 10.0. The van der Waals surface area contributed by atoms with Crippen LogP contribution in [0.15, 0.2) is 18.2 Å². The molecule has 0 radical (unpaired) electrons. The Morgan fingerprint density at radius 2 is 2.10 bits per heavy atom. The summed E-state index contributed by atoms with van der Waals surface area (Å²) in [5, 5.41) is 3.29. The second kappa shape index (κ2) is 6.75. The Kier molecular flexibility index (Phi) is 5.01. The Morgan fingerprint density at radius 3 is 2.65 bits per heavy atom. The molecule has 4 heteroatoms. The molecule has 4 nitrogen and oxygen atoms in total. The molecule has 1 aliphatic rings. The molecule has 0 aliphatic carbocycles. The Bertz CT molecular complexity index is 466. The highest BCUT2D eigenvalue weighted by Crippen LogP contribution is 2.20. The molecular formula is C16H24N2O2. The van der Waals surface area contributed by atoms with E-state index in [0.717, 1.165) is 49.3 Å². The second-order valence-corrected chi connectivity index (χ2v) is 5.29. The van der Waals surface area contributed by atoms with Gasteiger partial charge in [0.15, 0.2) is 0 Å². The third kappa shape index (κ3) is 3.31. The number of amides is 1. The molecule has 1 saturated heterocycles.